The molecule has 96 valence electrons. The summed E-state index contributed by atoms with van der Waals surface area (Å²) < 4.78 is 7.23. The van der Waals surface area contributed by atoms with E-state index in [-0.39, 0.29) is 0 Å². The van der Waals surface area contributed by atoms with E-state index in [0.29, 0.717) is 6.04 Å². The molecule has 1 saturated carbocycles. The third kappa shape index (κ3) is 2.80. The molecule has 0 radical (unpaired) electrons. The lowest BCUT2D eigenvalue weighted by atomic mass is 9.98. The van der Waals surface area contributed by atoms with Crippen molar-refractivity contribution in [3.05, 3.63) is 12.4 Å². The Hall–Kier alpha value is -1.03. The summed E-state index contributed by atoms with van der Waals surface area (Å²) in [6.45, 7) is 6.25. The van der Waals surface area contributed by atoms with Crippen LogP contribution in [0.25, 0.3) is 0 Å². The largest absolute Gasteiger partial charge is 0.383 e. The number of aromatic nitrogens is 2. The zero-order valence-electron chi connectivity index (χ0n) is 11.0. The summed E-state index contributed by atoms with van der Waals surface area (Å²) in [4.78, 5) is 4.39. The number of hydrogen-bond acceptors (Lipinski definition) is 3. The van der Waals surface area contributed by atoms with E-state index in [2.05, 4.69) is 28.7 Å². The van der Waals surface area contributed by atoms with Gasteiger partial charge in [-0.3, -0.25) is 0 Å². The summed E-state index contributed by atoms with van der Waals surface area (Å²) in [7, 11) is 1.73. The number of methoxy groups -OCH3 is 1. The number of ether oxygens (including phenoxy) is 1. The Morgan fingerprint density at radius 1 is 1.47 bits per heavy atom. The van der Waals surface area contributed by atoms with Gasteiger partial charge in [0.15, 0.2) is 0 Å². The van der Waals surface area contributed by atoms with Crippen LogP contribution >= 0.6 is 0 Å². The molecule has 2 rings (SSSR count). The number of nitrogens with zero attached hydrogens (tertiary/aromatic N) is 2. The molecule has 0 bridgehead atoms. The second-order valence-electron chi connectivity index (χ2n) is 5.10. The number of imidazole rings is 1. The second kappa shape index (κ2) is 5.54. The molecule has 1 aromatic heterocycles. The minimum Gasteiger partial charge on any atom is -0.383 e. The van der Waals surface area contributed by atoms with Crippen LogP contribution in [0.5, 0.6) is 0 Å². The second-order valence-corrected chi connectivity index (χ2v) is 5.10. The van der Waals surface area contributed by atoms with E-state index in [9.17, 15) is 0 Å². The molecule has 4 heteroatoms. The smallest absolute Gasteiger partial charge is 0.203 e. The molecule has 1 N–H and O–H groups in total. The van der Waals surface area contributed by atoms with Gasteiger partial charge in [-0.1, -0.05) is 13.8 Å². The van der Waals surface area contributed by atoms with Crippen molar-refractivity contribution in [1.29, 1.82) is 0 Å². The Kier molecular flexibility index (Phi) is 4.05. The summed E-state index contributed by atoms with van der Waals surface area (Å²) in [5, 5.41) is 3.57. The van der Waals surface area contributed by atoms with Crippen molar-refractivity contribution in [1.82, 2.24) is 9.55 Å². The molecule has 3 unspecified atom stereocenters. The minimum absolute atomic E-state index is 0.564. The zero-order chi connectivity index (χ0) is 12.3. The fraction of sp³-hybridized carbons (Fsp3) is 0.769. The lowest BCUT2D eigenvalue weighted by molar-refractivity contribution is 0.187. The van der Waals surface area contributed by atoms with E-state index < -0.39 is 0 Å². The van der Waals surface area contributed by atoms with Crippen molar-refractivity contribution in [2.45, 2.75) is 39.3 Å². The van der Waals surface area contributed by atoms with Crippen LogP contribution in [-0.4, -0.2) is 29.3 Å². The van der Waals surface area contributed by atoms with Crippen LogP contribution < -0.4 is 5.32 Å². The standard InChI is InChI=1S/C13H23N3O/c1-10-4-5-12(11(10)2)15-13-14-6-7-16(13)8-9-17-3/h6-7,10-12H,4-5,8-9H2,1-3H3,(H,14,15). The zero-order valence-corrected chi connectivity index (χ0v) is 11.0. The fourth-order valence-electron chi connectivity index (χ4n) is 2.55. The van der Waals surface area contributed by atoms with Gasteiger partial charge in [0.1, 0.15) is 0 Å². The van der Waals surface area contributed by atoms with Crippen LogP contribution in [0.15, 0.2) is 12.4 Å². The predicted octanol–water partition coefficient (Wildman–Crippen LogP) is 2.38. The molecule has 1 aliphatic carbocycles. The number of nitrogens with one attached hydrogen (secondary N) is 1. The first-order valence-electron chi connectivity index (χ1n) is 6.49. The van der Waals surface area contributed by atoms with Crippen molar-refractivity contribution in [2.24, 2.45) is 11.8 Å². The predicted molar refractivity (Wildman–Crippen MR) is 69.1 cm³/mol. The molecule has 0 amide bonds. The third-order valence-corrected chi connectivity index (χ3v) is 4.03. The Balaban J connectivity index is 1.96. The van der Waals surface area contributed by atoms with Crippen molar-refractivity contribution < 1.29 is 4.74 Å². The van der Waals surface area contributed by atoms with Gasteiger partial charge < -0.3 is 14.6 Å². The molecule has 0 aliphatic heterocycles. The van der Waals surface area contributed by atoms with Gasteiger partial charge in [-0.25, -0.2) is 4.98 Å². The molecule has 1 aromatic rings. The first-order valence-corrected chi connectivity index (χ1v) is 6.49. The molecule has 1 heterocycles. The minimum atomic E-state index is 0.564. The van der Waals surface area contributed by atoms with E-state index in [1.165, 1.54) is 12.8 Å². The highest BCUT2D eigenvalue weighted by Crippen LogP contribution is 2.32. The number of hydrogen-bond donors (Lipinski definition) is 1. The average Bonchev–Trinajstić information content (AvgIpc) is 2.89. The van der Waals surface area contributed by atoms with Gasteiger partial charge in [-0.2, -0.15) is 0 Å². The fourth-order valence-corrected chi connectivity index (χ4v) is 2.55. The van der Waals surface area contributed by atoms with E-state index in [4.69, 9.17) is 4.74 Å². The molecular weight excluding hydrogens is 214 g/mol. The maximum absolute atomic E-state index is 5.10. The van der Waals surface area contributed by atoms with Crippen LogP contribution in [-0.2, 0) is 11.3 Å². The summed E-state index contributed by atoms with van der Waals surface area (Å²) in [5.74, 6) is 2.52. The van der Waals surface area contributed by atoms with Crippen molar-refractivity contribution >= 4 is 5.95 Å². The van der Waals surface area contributed by atoms with Gasteiger partial charge in [0.2, 0.25) is 5.95 Å². The summed E-state index contributed by atoms with van der Waals surface area (Å²) in [5.41, 5.74) is 0. The van der Waals surface area contributed by atoms with Gasteiger partial charge in [0, 0.05) is 32.1 Å². The molecule has 0 aromatic carbocycles. The lowest BCUT2D eigenvalue weighted by Gasteiger charge is -2.20. The first-order chi connectivity index (χ1) is 8.22. The molecule has 1 fully saturated rings. The maximum atomic E-state index is 5.10. The highest BCUT2D eigenvalue weighted by Gasteiger charge is 2.30. The Morgan fingerprint density at radius 3 is 2.94 bits per heavy atom. The molecular formula is C13H23N3O. The first kappa shape index (κ1) is 12.4. The van der Waals surface area contributed by atoms with E-state index in [1.807, 2.05) is 12.4 Å². The lowest BCUT2D eigenvalue weighted by Crippen LogP contribution is -2.26. The van der Waals surface area contributed by atoms with Crippen LogP contribution in [0.4, 0.5) is 5.95 Å². The summed E-state index contributed by atoms with van der Waals surface area (Å²) in [6, 6.07) is 0.564. The van der Waals surface area contributed by atoms with Gasteiger partial charge >= 0.3 is 0 Å². The molecule has 17 heavy (non-hydrogen) atoms. The average molecular weight is 237 g/mol. The quantitative estimate of drug-likeness (QED) is 0.854. The molecule has 3 atom stereocenters. The van der Waals surface area contributed by atoms with Gasteiger partial charge in [0.05, 0.1) is 6.61 Å². The van der Waals surface area contributed by atoms with Crippen LogP contribution in [0, 0.1) is 11.8 Å². The van der Waals surface area contributed by atoms with E-state index in [0.717, 1.165) is 30.9 Å². The van der Waals surface area contributed by atoms with Crippen molar-refractivity contribution in [3.63, 3.8) is 0 Å². The molecule has 4 nitrogen and oxygen atoms in total. The van der Waals surface area contributed by atoms with Crippen molar-refractivity contribution in [3.8, 4) is 0 Å². The normalized spacial score (nSPS) is 28.5. The van der Waals surface area contributed by atoms with E-state index in [1.54, 1.807) is 7.11 Å². The van der Waals surface area contributed by atoms with Crippen LogP contribution in [0.1, 0.15) is 26.7 Å². The highest BCUT2D eigenvalue weighted by molar-refractivity contribution is 5.28. The van der Waals surface area contributed by atoms with Crippen LogP contribution in [0.2, 0.25) is 0 Å². The molecule has 1 aliphatic rings. The SMILES string of the molecule is COCCn1ccnc1NC1CCC(C)C1C. The number of rotatable bonds is 5. The Bertz CT molecular complexity index is 350. The topological polar surface area (TPSA) is 39.1 Å². The summed E-state index contributed by atoms with van der Waals surface area (Å²) in [6.07, 6.45) is 6.42. The Labute approximate surface area is 103 Å². The van der Waals surface area contributed by atoms with Gasteiger partial charge in [-0.05, 0) is 24.7 Å². The highest BCUT2D eigenvalue weighted by atomic mass is 16.5. The monoisotopic (exact) mass is 237 g/mol. The molecule has 0 saturated heterocycles. The third-order valence-electron chi connectivity index (χ3n) is 4.03. The number of anilines is 1. The molecule has 0 spiro atoms. The summed E-state index contributed by atoms with van der Waals surface area (Å²) >= 11 is 0. The maximum Gasteiger partial charge on any atom is 0.203 e. The van der Waals surface area contributed by atoms with Gasteiger partial charge in [0.25, 0.3) is 0 Å². The van der Waals surface area contributed by atoms with E-state index >= 15 is 0 Å². The van der Waals surface area contributed by atoms with Gasteiger partial charge in [-0.15, -0.1) is 0 Å². The Morgan fingerprint density at radius 2 is 2.29 bits per heavy atom. The van der Waals surface area contributed by atoms with Crippen LogP contribution in [0.3, 0.4) is 0 Å². The van der Waals surface area contributed by atoms with Crippen molar-refractivity contribution in [2.75, 3.05) is 19.0 Å².